The van der Waals surface area contributed by atoms with Gasteiger partial charge in [0.15, 0.2) is 0 Å². The average Bonchev–Trinajstić information content (AvgIpc) is 2.53. The maximum atomic E-state index is 11.9. The van der Waals surface area contributed by atoms with Gasteiger partial charge in [0.2, 0.25) is 15.2 Å². The van der Waals surface area contributed by atoms with Crippen molar-refractivity contribution in [2.75, 3.05) is 10.7 Å². The number of carbonyl (C=O) groups excluding carboxylic acids is 1. The first-order valence-corrected chi connectivity index (χ1v) is 8.27. The van der Waals surface area contributed by atoms with Gasteiger partial charge in [-0.1, -0.05) is 29.8 Å². The van der Waals surface area contributed by atoms with Gasteiger partial charge in [0.1, 0.15) is 0 Å². The second kappa shape index (κ2) is 7.23. The van der Waals surface area contributed by atoms with Crippen LogP contribution in [0, 0.1) is 0 Å². The SMILES string of the molecule is NS(=O)(=O)c1ccc(NC(=O)/C(Cl)=N/Nc2ccccc2)cc1. The first kappa shape index (κ1) is 16.9. The van der Waals surface area contributed by atoms with Gasteiger partial charge in [-0.25, -0.2) is 13.6 Å². The smallest absolute Gasteiger partial charge is 0.287 e. The van der Waals surface area contributed by atoms with Crippen molar-refractivity contribution in [2.24, 2.45) is 10.2 Å². The third-order valence-electron chi connectivity index (χ3n) is 2.69. The van der Waals surface area contributed by atoms with E-state index in [1.807, 2.05) is 6.07 Å². The number of carbonyl (C=O) groups is 1. The van der Waals surface area contributed by atoms with Crippen molar-refractivity contribution in [3.05, 3.63) is 54.6 Å². The molecule has 0 aromatic heterocycles. The van der Waals surface area contributed by atoms with Crippen LogP contribution in [0.2, 0.25) is 0 Å². The molecule has 1 amide bonds. The molecule has 0 saturated carbocycles. The Labute approximate surface area is 138 Å². The van der Waals surface area contributed by atoms with Gasteiger partial charge in [-0.3, -0.25) is 10.2 Å². The van der Waals surface area contributed by atoms with Gasteiger partial charge in [-0.2, -0.15) is 5.10 Å². The fourth-order valence-electron chi connectivity index (χ4n) is 1.59. The molecule has 0 bridgehead atoms. The number of primary sulfonamides is 1. The molecule has 9 heteroatoms. The van der Waals surface area contributed by atoms with Crippen LogP contribution in [0.3, 0.4) is 0 Å². The number of sulfonamides is 1. The molecule has 2 rings (SSSR count). The number of halogens is 1. The maximum Gasteiger partial charge on any atom is 0.287 e. The van der Waals surface area contributed by atoms with E-state index in [-0.39, 0.29) is 10.1 Å². The molecule has 0 heterocycles. The summed E-state index contributed by atoms with van der Waals surface area (Å²) >= 11 is 5.79. The van der Waals surface area contributed by atoms with Crippen LogP contribution in [0.1, 0.15) is 0 Å². The van der Waals surface area contributed by atoms with Crippen LogP contribution < -0.4 is 15.9 Å². The quantitative estimate of drug-likeness (QED) is 0.563. The van der Waals surface area contributed by atoms with Crippen LogP contribution in [0.15, 0.2) is 64.6 Å². The van der Waals surface area contributed by atoms with E-state index in [1.54, 1.807) is 24.3 Å². The van der Waals surface area contributed by atoms with E-state index < -0.39 is 15.9 Å². The summed E-state index contributed by atoms with van der Waals surface area (Å²) in [5, 5.41) is 10.9. The van der Waals surface area contributed by atoms with Gasteiger partial charge in [0.25, 0.3) is 5.91 Å². The second-order valence-electron chi connectivity index (χ2n) is 4.40. The summed E-state index contributed by atoms with van der Waals surface area (Å²) in [5.74, 6) is -0.640. The van der Waals surface area contributed by atoms with Gasteiger partial charge in [0.05, 0.1) is 10.6 Å². The summed E-state index contributed by atoms with van der Waals surface area (Å²) in [6.07, 6.45) is 0. The Morgan fingerprint density at radius 2 is 1.61 bits per heavy atom. The van der Waals surface area contributed by atoms with Crippen molar-refractivity contribution in [1.82, 2.24) is 0 Å². The van der Waals surface area contributed by atoms with E-state index in [0.29, 0.717) is 11.4 Å². The average molecular weight is 353 g/mol. The zero-order valence-corrected chi connectivity index (χ0v) is 13.3. The molecule has 0 aliphatic heterocycles. The number of anilines is 2. The largest absolute Gasteiger partial charge is 0.320 e. The standard InChI is InChI=1S/C14H13ClN4O3S/c15-13(19-18-11-4-2-1-3-5-11)14(20)17-10-6-8-12(9-7-10)23(16,21)22/h1-9,18H,(H,17,20)(H2,16,21,22)/b19-13-. The summed E-state index contributed by atoms with van der Waals surface area (Å²) in [6.45, 7) is 0. The van der Waals surface area contributed by atoms with E-state index in [4.69, 9.17) is 16.7 Å². The van der Waals surface area contributed by atoms with Crippen molar-refractivity contribution in [3.8, 4) is 0 Å². The van der Waals surface area contributed by atoms with Crippen molar-refractivity contribution in [1.29, 1.82) is 0 Å². The zero-order chi connectivity index (χ0) is 16.9. The Hall–Kier alpha value is -2.42. The van der Waals surface area contributed by atoms with Crippen molar-refractivity contribution >= 4 is 44.1 Å². The summed E-state index contributed by atoms with van der Waals surface area (Å²) < 4.78 is 22.3. The number of hydrazone groups is 1. The summed E-state index contributed by atoms with van der Waals surface area (Å²) in [5.41, 5.74) is 3.67. The lowest BCUT2D eigenvalue weighted by molar-refractivity contribution is -0.110. The lowest BCUT2D eigenvalue weighted by Crippen LogP contribution is -2.19. The van der Waals surface area contributed by atoms with Crippen molar-refractivity contribution in [2.45, 2.75) is 4.90 Å². The lowest BCUT2D eigenvalue weighted by atomic mass is 10.3. The number of nitrogens with two attached hydrogens (primary N) is 1. The van der Waals surface area contributed by atoms with Crippen LogP contribution in [-0.4, -0.2) is 19.5 Å². The van der Waals surface area contributed by atoms with Crippen LogP contribution in [0.4, 0.5) is 11.4 Å². The first-order valence-electron chi connectivity index (χ1n) is 6.35. The zero-order valence-electron chi connectivity index (χ0n) is 11.7. The number of amides is 1. The Morgan fingerprint density at radius 3 is 2.17 bits per heavy atom. The molecule has 0 saturated heterocycles. The first-order chi connectivity index (χ1) is 10.9. The fraction of sp³-hybridized carbons (Fsp3) is 0. The lowest BCUT2D eigenvalue weighted by Gasteiger charge is -2.05. The van der Waals surface area contributed by atoms with Crippen molar-refractivity contribution in [3.63, 3.8) is 0 Å². The van der Waals surface area contributed by atoms with Gasteiger partial charge in [0, 0.05) is 5.69 Å². The number of nitrogens with one attached hydrogen (secondary N) is 2. The topological polar surface area (TPSA) is 114 Å². The number of hydrogen-bond acceptors (Lipinski definition) is 5. The predicted molar refractivity (Wildman–Crippen MR) is 89.8 cm³/mol. The highest BCUT2D eigenvalue weighted by molar-refractivity contribution is 7.89. The molecule has 7 nitrogen and oxygen atoms in total. The number of nitrogens with zero attached hydrogens (tertiary/aromatic N) is 1. The molecule has 2 aromatic carbocycles. The number of hydrogen-bond donors (Lipinski definition) is 3. The molecule has 2 aromatic rings. The molecule has 0 aliphatic rings. The summed E-state index contributed by atoms with van der Waals surface area (Å²) in [4.78, 5) is 11.8. The van der Waals surface area contributed by atoms with E-state index in [9.17, 15) is 13.2 Å². The predicted octanol–water partition coefficient (Wildman–Crippen LogP) is 1.94. The Balaban J connectivity index is 2.01. The number of para-hydroxylation sites is 1. The van der Waals surface area contributed by atoms with Gasteiger partial charge in [-0.05, 0) is 36.4 Å². The third-order valence-corrected chi connectivity index (χ3v) is 3.87. The summed E-state index contributed by atoms with van der Waals surface area (Å²) in [6, 6.07) is 14.3. The molecular weight excluding hydrogens is 340 g/mol. The molecule has 4 N–H and O–H groups in total. The minimum atomic E-state index is -3.78. The van der Waals surface area contributed by atoms with E-state index in [2.05, 4.69) is 15.8 Å². The van der Waals surface area contributed by atoms with Crippen LogP contribution in [-0.2, 0) is 14.8 Å². The molecule has 0 radical (unpaired) electrons. The maximum absolute atomic E-state index is 11.9. The summed E-state index contributed by atoms with van der Waals surface area (Å²) in [7, 11) is -3.78. The minimum Gasteiger partial charge on any atom is -0.320 e. The molecule has 0 spiro atoms. The van der Waals surface area contributed by atoms with E-state index in [1.165, 1.54) is 24.3 Å². The highest BCUT2D eigenvalue weighted by Gasteiger charge is 2.11. The minimum absolute atomic E-state index is 0.0546. The Morgan fingerprint density at radius 1 is 1.00 bits per heavy atom. The van der Waals surface area contributed by atoms with Crippen LogP contribution >= 0.6 is 11.6 Å². The fourth-order valence-corrected chi connectivity index (χ4v) is 2.19. The van der Waals surface area contributed by atoms with Crippen molar-refractivity contribution < 1.29 is 13.2 Å². The molecular formula is C14H13ClN4O3S. The number of benzene rings is 2. The van der Waals surface area contributed by atoms with Crippen LogP contribution in [0.25, 0.3) is 0 Å². The molecule has 0 fully saturated rings. The molecule has 120 valence electrons. The normalized spacial score (nSPS) is 11.8. The molecule has 0 unspecified atom stereocenters. The highest BCUT2D eigenvalue weighted by Crippen LogP contribution is 2.13. The third kappa shape index (κ3) is 5.06. The van der Waals surface area contributed by atoms with Gasteiger partial charge in [-0.15, -0.1) is 0 Å². The van der Waals surface area contributed by atoms with Gasteiger partial charge < -0.3 is 5.32 Å². The molecule has 23 heavy (non-hydrogen) atoms. The number of rotatable bonds is 5. The van der Waals surface area contributed by atoms with Crippen LogP contribution in [0.5, 0.6) is 0 Å². The highest BCUT2D eigenvalue weighted by atomic mass is 35.5. The Bertz CT molecular complexity index is 821. The monoisotopic (exact) mass is 352 g/mol. The second-order valence-corrected chi connectivity index (χ2v) is 6.32. The van der Waals surface area contributed by atoms with E-state index >= 15 is 0 Å². The molecule has 0 aliphatic carbocycles. The van der Waals surface area contributed by atoms with E-state index in [0.717, 1.165) is 0 Å². The van der Waals surface area contributed by atoms with Gasteiger partial charge >= 0.3 is 0 Å². The molecule has 0 atom stereocenters. The Kier molecular flexibility index (Phi) is 5.32.